The van der Waals surface area contributed by atoms with Crippen LogP contribution in [0.25, 0.3) is 0 Å². The third kappa shape index (κ3) is 3.90. The van der Waals surface area contributed by atoms with Crippen molar-refractivity contribution >= 4 is 15.9 Å². The number of aryl methyl sites for hydroxylation is 3. The lowest BCUT2D eigenvalue weighted by molar-refractivity contribution is 0.542. The van der Waals surface area contributed by atoms with Gasteiger partial charge >= 0.3 is 0 Å². The molecule has 0 saturated carbocycles. The monoisotopic (exact) mass is 350 g/mol. The molecular weight excluding hydrogens is 331 g/mol. The first-order chi connectivity index (χ1) is 9.90. The molecule has 2 aromatic rings. The van der Waals surface area contributed by atoms with Crippen LogP contribution in [0.1, 0.15) is 33.9 Å². The molecule has 0 aliphatic carbocycles. The SMILES string of the molecule is Cc1cc(C)c(CC(NN)c2cc(F)cc(Br)c2)c(C)c1. The minimum atomic E-state index is -0.267. The molecule has 0 bridgehead atoms. The second-order valence-electron chi connectivity index (χ2n) is 5.50. The van der Waals surface area contributed by atoms with Gasteiger partial charge in [0.05, 0.1) is 6.04 Å². The minimum Gasteiger partial charge on any atom is -0.271 e. The Bertz CT molecular complexity index is 612. The summed E-state index contributed by atoms with van der Waals surface area (Å²) in [5.41, 5.74) is 8.62. The molecular formula is C17H20BrFN2. The molecule has 0 spiro atoms. The largest absolute Gasteiger partial charge is 0.271 e. The third-order valence-corrected chi connectivity index (χ3v) is 4.19. The predicted molar refractivity (Wildman–Crippen MR) is 88.5 cm³/mol. The van der Waals surface area contributed by atoms with E-state index in [1.807, 2.05) is 6.07 Å². The number of halogens is 2. The first kappa shape index (κ1) is 16.1. The van der Waals surface area contributed by atoms with Crippen molar-refractivity contribution in [1.29, 1.82) is 0 Å². The van der Waals surface area contributed by atoms with E-state index in [0.29, 0.717) is 0 Å². The Morgan fingerprint density at radius 2 is 1.71 bits per heavy atom. The van der Waals surface area contributed by atoms with Crippen LogP contribution in [0.3, 0.4) is 0 Å². The van der Waals surface area contributed by atoms with Gasteiger partial charge in [0.2, 0.25) is 0 Å². The number of hydrogen-bond donors (Lipinski definition) is 2. The fourth-order valence-electron chi connectivity index (χ4n) is 2.79. The highest BCUT2D eigenvalue weighted by Gasteiger charge is 2.15. The maximum absolute atomic E-state index is 13.6. The molecule has 0 radical (unpaired) electrons. The summed E-state index contributed by atoms with van der Waals surface area (Å²) in [7, 11) is 0. The quantitative estimate of drug-likeness (QED) is 0.638. The fraction of sp³-hybridized carbons (Fsp3) is 0.294. The second-order valence-corrected chi connectivity index (χ2v) is 6.42. The first-order valence-electron chi connectivity index (χ1n) is 6.89. The van der Waals surface area contributed by atoms with Crippen LogP contribution in [0.4, 0.5) is 4.39 Å². The molecule has 0 fully saturated rings. The van der Waals surface area contributed by atoms with Gasteiger partial charge < -0.3 is 0 Å². The minimum absolute atomic E-state index is 0.128. The zero-order valence-electron chi connectivity index (χ0n) is 12.5. The zero-order valence-corrected chi connectivity index (χ0v) is 14.1. The smallest absolute Gasteiger partial charge is 0.124 e. The fourth-order valence-corrected chi connectivity index (χ4v) is 3.27. The second kappa shape index (κ2) is 6.69. The average molecular weight is 351 g/mol. The van der Waals surface area contributed by atoms with Gasteiger partial charge in [-0.1, -0.05) is 33.6 Å². The van der Waals surface area contributed by atoms with Gasteiger partial charge in [0.15, 0.2) is 0 Å². The van der Waals surface area contributed by atoms with Crippen molar-refractivity contribution in [3.05, 3.63) is 68.4 Å². The molecule has 112 valence electrons. The third-order valence-electron chi connectivity index (χ3n) is 3.74. The van der Waals surface area contributed by atoms with Crippen LogP contribution >= 0.6 is 15.9 Å². The standard InChI is InChI=1S/C17H20BrFN2/c1-10-4-11(2)16(12(3)5-10)9-17(21-20)13-6-14(18)8-15(19)7-13/h4-8,17,21H,9,20H2,1-3H3. The molecule has 3 N–H and O–H groups in total. The summed E-state index contributed by atoms with van der Waals surface area (Å²) in [6, 6.07) is 9.06. The van der Waals surface area contributed by atoms with Gasteiger partial charge in [-0.3, -0.25) is 11.3 Å². The van der Waals surface area contributed by atoms with E-state index in [0.717, 1.165) is 16.5 Å². The number of nitrogens with two attached hydrogens (primary N) is 1. The van der Waals surface area contributed by atoms with Gasteiger partial charge in [-0.2, -0.15) is 0 Å². The van der Waals surface area contributed by atoms with Crippen LogP contribution in [0.2, 0.25) is 0 Å². The van der Waals surface area contributed by atoms with Gasteiger partial charge in [-0.15, -0.1) is 0 Å². The molecule has 2 aromatic carbocycles. The number of nitrogens with one attached hydrogen (secondary N) is 1. The van der Waals surface area contributed by atoms with E-state index in [-0.39, 0.29) is 11.9 Å². The lowest BCUT2D eigenvalue weighted by Gasteiger charge is -2.20. The van der Waals surface area contributed by atoms with Crippen molar-refractivity contribution in [3.8, 4) is 0 Å². The summed E-state index contributed by atoms with van der Waals surface area (Å²) in [6.45, 7) is 6.29. The number of rotatable bonds is 4. The number of hydrogen-bond acceptors (Lipinski definition) is 2. The topological polar surface area (TPSA) is 38.0 Å². The molecule has 0 saturated heterocycles. The highest BCUT2D eigenvalue weighted by Crippen LogP contribution is 2.26. The number of hydrazine groups is 1. The van der Waals surface area contributed by atoms with Crippen molar-refractivity contribution in [1.82, 2.24) is 5.43 Å². The van der Waals surface area contributed by atoms with Gasteiger partial charge in [0, 0.05) is 4.47 Å². The van der Waals surface area contributed by atoms with E-state index in [2.05, 4.69) is 54.3 Å². The van der Waals surface area contributed by atoms with E-state index < -0.39 is 0 Å². The highest BCUT2D eigenvalue weighted by molar-refractivity contribution is 9.10. The van der Waals surface area contributed by atoms with Gasteiger partial charge in [-0.25, -0.2) is 4.39 Å². The van der Waals surface area contributed by atoms with E-state index >= 15 is 0 Å². The molecule has 0 aliphatic heterocycles. The molecule has 0 aromatic heterocycles. The normalized spacial score (nSPS) is 12.5. The Hall–Kier alpha value is -1.23. The lowest BCUT2D eigenvalue weighted by Crippen LogP contribution is -2.30. The Morgan fingerprint density at radius 3 is 2.24 bits per heavy atom. The van der Waals surface area contributed by atoms with Crippen LogP contribution in [-0.2, 0) is 6.42 Å². The highest BCUT2D eigenvalue weighted by atomic mass is 79.9. The maximum atomic E-state index is 13.6. The summed E-state index contributed by atoms with van der Waals surface area (Å²) in [5.74, 6) is 5.43. The van der Waals surface area contributed by atoms with Crippen LogP contribution in [0.5, 0.6) is 0 Å². The summed E-state index contributed by atoms with van der Waals surface area (Å²) in [5, 5.41) is 0. The molecule has 2 rings (SSSR count). The van der Waals surface area contributed by atoms with Crippen LogP contribution in [0.15, 0.2) is 34.8 Å². The molecule has 2 nitrogen and oxygen atoms in total. The Labute approximate surface area is 133 Å². The van der Waals surface area contributed by atoms with Gasteiger partial charge in [-0.05, 0) is 67.6 Å². The van der Waals surface area contributed by atoms with Crippen LogP contribution < -0.4 is 11.3 Å². The molecule has 0 amide bonds. The molecule has 0 aliphatic rings. The van der Waals surface area contributed by atoms with Crippen molar-refractivity contribution < 1.29 is 4.39 Å². The first-order valence-corrected chi connectivity index (χ1v) is 7.69. The van der Waals surface area contributed by atoms with Crippen LogP contribution in [-0.4, -0.2) is 0 Å². The van der Waals surface area contributed by atoms with Crippen molar-refractivity contribution in [2.75, 3.05) is 0 Å². The molecule has 1 atom stereocenters. The maximum Gasteiger partial charge on any atom is 0.124 e. The van der Waals surface area contributed by atoms with Crippen LogP contribution in [0, 0.1) is 26.6 Å². The van der Waals surface area contributed by atoms with E-state index in [4.69, 9.17) is 5.84 Å². The molecule has 0 heterocycles. The van der Waals surface area contributed by atoms with Gasteiger partial charge in [0.25, 0.3) is 0 Å². The average Bonchev–Trinajstić information content (AvgIpc) is 2.36. The summed E-state index contributed by atoms with van der Waals surface area (Å²) in [4.78, 5) is 0. The number of benzene rings is 2. The lowest BCUT2D eigenvalue weighted by atomic mass is 9.92. The van der Waals surface area contributed by atoms with E-state index in [9.17, 15) is 4.39 Å². The van der Waals surface area contributed by atoms with E-state index in [1.54, 1.807) is 0 Å². The molecule has 1 unspecified atom stereocenters. The zero-order chi connectivity index (χ0) is 15.6. The van der Waals surface area contributed by atoms with Crippen molar-refractivity contribution in [2.45, 2.75) is 33.2 Å². The predicted octanol–water partition coefficient (Wildman–Crippen LogP) is 4.26. The summed E-state index contributed by atoms with van der Waals surface area (Å²) < 4.78 is 14.3. The van der Waals surface area contributed by atoms with E-state index in [1.165, 1.54) is 34.4 Å². The Morgan fingerprint density at radius 1 is 1.10 bits per heavy atom. The molecule has 21 heavy (non-hydrogen) atoms. The summed E-state index contributed by atoms with van der Waals surface area (Å²) >= 11 is 3.33. The van der Waals surface area contributed by atoms with Gasteiger partial charge in [0.1, 0.15) is 5.82 Å². The van der Waals surface area contributed by atoms with Crippen molar-refractivity contribution in [3.63, 3.8) is 0 Å². The Balaban J connectivity index is 2.35. The van der Waals surface area contributed by atoms with Crippen molar-refractivity contribution in [2.24, 2.45) is 5.84 Å². The Kier molecular flexibility index (Phi) is 5.14. The molecule has 4 heteroatoms. The summed E-state index contributed by atoms with van der Waals surface area (Å²) in [6.07, 6.45) is 0.727.